The van der Waals surface area contributed by atoms with Gasteiger partial charge >= 0.3 is 5.97 Å². The fraction of sp³-hybridized carbons (Fsp3) is 0.375. The van der Waals surface area contributed by atoms with Crippen LogP contribution < -0.4 is 16.0 Å². The molecule has 29 heavy (non-hydrogen) atoms. The lowest BCUT2D eigenvalue weighted by Gasteiger charge is -2.34. The van der Waals surface area contributed by atoms with Crippen molar-refractivity contribution in [3.63, 3.8) is 0 Å². The molecule has 1 fully saturated rings. The number of carboxylic acid groups (broad SMARTS) is 1. The summed E-state index contributed by atoms with van der Waals surface area (Å²) < 4.78 is 14.7. The van der Waals surface area contributed by atoms with E-state index in [-0.39, 0.29) is 51.0 Å². The lowest BCUT2D eigenvalue weighted by atomic mass is 10.0. The normalized spacial score (nSPS) is 19.2. The number of anilines is 1. The summed E-state index contributed by atoms with van der Waals surface area (Å²) in [4.78, 5) is 43.0. The summed E-state index contributed by atoms with van der Waals surface area (Å²) in [6.07, 6.45) is -1.24. The molecule has 156 valence electrons. The van der Waals surface area contributed by atoms with E-state index in [0.29, 0.717) is 5.69 Å². The number of aromatic carboxylic acids is 1. The first kappa shape index (κ1) is 21.3. The Balaban J connectivity index is 1.70. The Bertz CT molecular complexity index is 963. The number of nitrogens with one attached hydrogen (secondary N) is 2. The largest absolute Gasteiger partial charge is 0.477 e. The molecule has 0 unspecified atom stereocenters. The zero-order chi connectivity index (χ0) is 21.5. The van der Waals surface area contributed by atoms with Crippen molar-refractivity contribution in [2.75, 3.05) is 18.0 Å². The van der Waals surface area contributed by atoms with Crippen LogP contribution in [0.2, 0.25) is 10.0 Å². The monoisotopic (exact) mass is 463 g/mol. The number of amides is 2. The lowest BCUT2D eigenvalue weighted by molar-refractivity contribution is 0.0696. The minimum absolute atomic E-state index is 0.0564. The molecule has 2 atom stereocenters. The second-order valence-electron chi connectivity index (χ2n) is 6.43. The van der Waals surface area contributed by atoms with Crippen LogP contribution in [-0.2, 0) is 0 Å². The molecule has 2 amide bonds. The Morgan fingerprint density at radius 3 is 2.55 bits per heavy atom. The van der Waals surface area contributed by atoms with Crippen LogP contribution in [0.15, 0.2) is 0 Å². The molecule has 13 heteroatoms. The molecule has 1 saturated heterocycles. The predicted molar refractivity (Wildman–Crippen MR) is 106 cm³/mol. The summed E-state index contributed by atoms with van der Waals surface area (Å²) in [5, 5.41) is 12.2. The van der Waals surface area contributed by atoms with Gasteiger partial charge in [-0.1, -0.05) is 34.5 Å². The Morgan fingerprint density at radius 2 is 2.07 bits per heavy atom. The Labute approximate surface area is 178 Å². The second kappa shape index (κ2) is 8.17. The number of aromatic nitrogens is 2. The quantitative estimate of drug-likeness (QED) is 0.535. The van der Waals surface area contributed by atoms with Gasteiger partial charge in [-0.15, -0.1) is 0 Å². The van der Waals surface area contributed by atoms with Gasteiger partial charge in [-0.25, -0.2) is 14.2 Å². The molecule has 5 N–H and O–H groups in total. The summed E-state index contributed by atoms with van der Waals surface area (Å²) in [5.74, 6) is -2.89. The molecule has 0 bridgehead atoms. The number of aryl methyl sites for hydroxylation is 1. The molecule has 2 aromatic heterocycles. The third-order valence-corrected chi connectivity index (χ3v) is 6.50. The second-order valence-corrected chi connectivity index (χ2v) is 8.16. The number of nitrogens with two attached hydrogens (primary N) is 1. The minimum Gasteiger partial charge on any atom is -0.477 e. The van der Waals surface area contributed by atoms with E-state index in [0.717, 1.165) is 11.3 Å². The van der Waals surface area contributed by atoms with Crippen LogP contribution in [-0.4, -0.2) is 58.2 Å². The molecule has 3 rings (SSSR count). The Kier molecular flexibility index (Phi) is 6.01. The highest BCUT2D eigenvalue weighted by molar-refractivity contribution is 7.17. The number of carboxylic acids is 1. The Morgan fingerprint density at radius 1 is 1.38 bits per heavy atom. The Hall–Kier alpha value is -2.37. The van der Waals surface area contributed by atoms with Gasteiger partial charge in [0.25, 0.3) is 11.8 Å². The number of hydrogen-bond acceptors (Lipinski definition) is 6. The summed E-state index contributed by atoms with van der Waals surface area (Å²) in [6, 6.07) is -0.785. The number of H-pyrrole nitrogens is 1. The highest BCUT2D eigenvalue weighted by atomic mass is 35.5. The third-order valence-electron chi connectivity index (χ3n) is 4.45. The SMILES string of the molecule is Cc1[nH]c(C(=O)N[C@@H]2CCN(c3nc(C(N)=O)c(C(=O)O)s3)C[C@@H]2F)c(Cl)c1Cl. The van der Waals surface area contributed by atoms with Gasteiger partial charge in [0.05, 0.1) is 22.6 Å². The van der Waals surface area contributed by atoms with E-state index in [9.17, 15) is 23.9 Å². The first-order chi connectivity index (χ1) is 13.6. The molecular weight excluding hydrogens is 448 g/mol. The molecule has 9 nitrogen and oxygen atoms in total. The number of piperidine rings is 1. The molecular formula is C16H16Cl2FN5O4S. The number of halogens is 3. The maximum absolute atomic E-state index is 14.7. The number of primary amides is 1. The number of thiazole rings is 1. The number of carbonyl (C=O) groups excluding carboxylic acids is 2. The van der Waals surface area contributed by atoms with Crippen LogP contribution in [0, 0.1) is 6.92 Å². The maximum atomic E-state index is 14.7. The number of hydrogen-bond donors (Lipinski definition) is 4. The molecule has 3 heterocycles. The highest BCUT2D eigenvalue weighted by Crippen LogP contribution is 2.31. The van der Waals surface area contributed by atoms with Crippen LogP contribution in [0.3, 0.4) is 0 Å². The van der Waals surface area contributed by atoms with Crippen molar-refractivity contribution in [2.24, 2.45) is 5.73 Å². The molecule has 0 saturated carbocycles. The summed E-state index contributed by atoms with van der Waals surface area (Å²) in [7, 11) is 0. The van der Waals surface area contributed by atoms with Gasteiger partial charge in [0.2, 0.25) is 0 Å². The summed E-state index contributed by atoms with van der Waals surface area (Å²) in [6.45, 7) is 1.80. The van der Waals surface area contributed by atoms with Gasteiger partial charge < -0.3 is 26.0 Å². The van der Waals surface area contributed by atoms with Crippen molar-refractivity contribution < 1.29 is 23.9 Å². The van der Waals surface area contributed by atoms with Crippen molar-refractivity contribution in [2.45, 2.75) is 25.6 Å². The predicted octanol–water partition coefficient (Wildman–Crippen LogP) is 2.23. The van der Waals surface area contributed by atoms with Gasteiger partial charge in [-0.2, -0.15) is 0 Å². The fourth-order valence-electron chi connectivity index (χ4n) is 2.97. The van der Waals surface area contributed by atoms with Gasteiger partial charge in [-0.05, 0) is 13.3 Å². The van der Waals surface area contributed by atoms with E-state index in [1.807, 2.05) is 0 Å². The van der Waals surface area contributed by atoms with E-state index in [4.69, 9.17) is 28.9 Å². The smallest absolute Gasteiger partial charge is 0.348 e. The van der Waals surface area contributed by atoms with Crippen molar-refractivity contribution in [1.29, 1.82) is 0 Å². The van der Waals surface area contributed by atoms with E-state index < -0.39 is 30.0 Å². The number of rotatable bonds is 5. The number of carbonyl (C=O) groups is 3. The van der Waals surface area contributed by atoms with Crippen molar-refractivity contribution in [3.05, 3.63) is 32.0 Å². The third kappa shape index (κ3) is 4.16. The minimum atomic E-state index is -1.47. The van der Waals surface area contributed by atoms with E-state index in [2.05, 4.69) is 15.3 Å². The van der Waals surface area contributed by atoms with Crippen LogP contribution in [0.25, 0.3) is 0 Å². The molecule has 1 aliphatic heterocycles. The van der Waals surface area contributed by atoms with Crippen LogP contribution in [0.1, 0.15) is 42.8 Å². The molecule has 0 aliphatic carbocycles. The standard InChI is InChI=1S/C16H16Cl2FN5O4S/c1-5-8(17)9(18)10(21-5)14(26)22-7-2-3-24(4-6(7)19)16-23-11(13(20)25)12(29-16)15(27)28/h6-7,21H,2-4H2,1H3,(H2,20,25)(H,22,26)(H,27,28)/t6-,7+/m0/s1. The zero-order valence-electron chi connectivity index (χ0n) is 15.0. The fourth-order valence-corrected chi connectivity index (χ4v) is 4.33. The first-order valence-corrected chi connectivity index (χ1v) is 9.94. The molecule has 0 aromatic carbocycles. The highest BCUT2D eigenvalue weighted by Gasteiger charge is 2.34. The number of aromatic amines is 1. The van der Waals surface area contributed by atoms with Crippen molar-refractivity contribution in [1.82, 2.24) is 15.3 Å². The van der Waals surface area contributed by atoms with E-state index >= 15 is 0 Å². The van der Waals surface area contributed by atoms with E-state index in [1.54, 1.807) is 6.92 Å². The van der Waals surface area contributed by atoms with Gasteiger partial charge in [0, 0.05) is 12.2 Å². The van der Waals surface area contributed by atoms with Crippen molar-refractivity contribution >= 4 is 57.5 Å². The van der Waals surface area contributed by atoms with Crippen LogP contribution in [0.4, 0.5) is 9.52 Å². The van der Waals surface area contributed by atoms with Gasteiger partial charge in [-0.3, -0.25) is 9.59 Å². The lowest BCUT2D eigenvalue weighted by Crippen LogP contribution is -2.52. The number of nitrogens with zero attached hydrogens (tertiary/aromatic N) is 2. The molecule has 0 spiro atoms. The molecule has 1 aliphatic rings. The van der Waals surface area contributed by atoms with E-state index in [1.165, 1.54) is 4.90 Å². The topological polar surface area (TPSA) is 141 Å². The van der Waals surface area contributed by atoms with Gasteiger partial charge in [0.15, 0.2) is 10.8 Å². The number of alkyl halides is 1. The van der Waals surface area contributed by atoms with Crippen molar-refractivity contribution in [3.8, 4) is 0 Å². The maximum Gasteiger partial charge on any atom is 0.348 e. The summed E-state index contributed by atoms with van der Waals surface area (Å²) >= 11 is 12.7. The molecule has 0 radical (unpaired) electrons. The summed E-state index contributed by atoms with van der Waals surface area (Å²) in [5.41, 5.74) is 5.38. The van der Waals surface area contributed by atoms with Gasteiger partial charge in [0.1, 0.15) is 16.7 Å². The van der Waals surface area contributed by atoms with Crippen LogP contribution >= 0.6 is 34.5 Å². The average Bonchev–Trinajstić information content (AvgIpc) is 3.21. The zero-order valence-corrected chi connectivity index (χ0v) is 17.3. The molecule has 2 aromatic rings. The average molecular weight is 464 g/mol. The van der Waals surface area contributed by atoms with Crippen LogP contribution in [0.5, 0.6) is 0 Å². The first-order valence-electron chi connectivity index (χ1n) is 8.37.